The van der Waals surface area contributed by atoms with Gasteiger partial charge in [0.2, 0.25) is 0 Å². The molecule has 1 heterocycles. The van der Waals surface area contributed by atoms with Crippen LogP contribution in [0.25, 0.3) is 0 Å². The summed E-state index contributed by atoms with van der Waals surface area (Å²) in [5, 5.41) is 11.8. The molecule has 7 nitrogen and oxygen atoms in total. The summed E-state index contributed by atoms with van der Waals surface area (Å²) in [4.78, 5) is 36.4. The molecule has 0 aliphatic carbocycles. The van der Waals surface area contributed by atoms with E-state index in [0.29, 0.717) is 0 Å². The second-order valence-electron chi connectivity index (χ2n) is 6.55. The van der Waals surface area contributed by atoms with E-state index in [2.05, 4.69) is 10.1 Å². The maximum atomic E-state index is 13.1. The third-order valence-corrected chi connectivity index (χ3v) is 5.12. The summed E-state index contributed by atoms with van der Waals surface area (Å²) in [6.45, 7) is 2.34. The molecule has 1 rings (SSSR count). The first-order chi connectivity index (χ1) is 12.0. The lowest BCUT2D eigenvalue weighted by Gasteiger charge is -2.38. The van der Waals surface area contributed by atoms with Crippen LogP contribution in [-0.4, -0.2) is 60.9 Å². The van der Waals surface area contributed by atoms with Crippen molar-refractivity contribution in [1.82, 2.24) is 10.2 Å². The van der Waals surface area contributed by atoms with Crippen LogP contribution in [0.15, 0.2) is 0 Å². The molecule has 10 heteroatoms. The van der Waals surface area contributed by atoms with E-state index in [1.807, 2.05) is 0 Å². The minimum Gasteiger partial charge on any atom is -0.481 e. The highest BCUT2D eigenvalue weighted by molar-refractivity contribution is 5.79. The highest BCUT2D eigenvalue weighted by Gasteiger charge is 2.47. The number of likely N-dealkylation sites (tertiary alicyclic amines) is 1. The van der Waals surface area contributed by atoms with Crippen molar-refractivity contribution in [3.05, 3.63) is 0 Å². The van der Waals surface area contributed by atoms with E-state index in [1.165, 1.54) is 0 Å². The van der Waals surface area contributed by atoms with Gasteiger partial charge in [-0.3, -0.25) is 9.59 Å². The summed E-state index contributed by atoms with van der Waals surface area (Å²) in [5.74, 6) is -4.80. The molecule has 1 fully saturated rings. The highest BCUT2D eigenvalue weighted by Crippen LogP contribution is 2.36. The fraction of sp³-hybridized carbons (Fsp3) is 0.812. The van der Waals surface area contributed by atoms with E-state index in [0.717, 1.165) is 12.0 Å². The SMILES string of the molecule is CCC(CC)(CNC(=O)N1C[C@H](C(=O)OC)C[C@H](C(F)(F)F)C1)C(=O)O. The van der Waals surface area contributed by atoms with Gasteiger partial charge in [0.1, 0.15) is 0 Å². The molecule has 1 saturated heterocycles. The number of carbonyl (C=O) groups excluding carboxylic acids is 2. The summed E-state index contributed by atoms with van der Waals surface area (Å²) in [6.07, 6.45) is -4.48. The lowest BCUT2D eigenvalue weighted by Crippen LogP contribution is -2.54. The van der Waals surface area contributed by atoms with Gasteiger partial charge in [-0.05, 0) is 19.3 Å². The molecule has 0 spiro atoms. The number of ether oxygens (including phenoxy) is 1. The normalized spacial score (nSPS) is 21.2. The van der Waals surface area contributed by atoms with Crippen LogP contribution in [0, 0.1) is 17.3 Å². The van der Waals surface area contributed by atoms with E-state index in [9.17, 15) is 32.7 Å². The van der Waals surface area contributed by atoms with Gasteiger partial charge < -0.3 is 20.1 Å². The number of carboxylic acids is 1. The number of rotatable bonds is 6. The molecule has 26 heavy (non-hydrogen) atoms. The van der Waals surface area contributed by atoms with Crippen molar-refractivity contribution in [2.24, 2.45) is 17.3 Å². The first-order valence-electron chi connectivity index (χ1n) is 8.41. The molecular weight excluding hydrogens is 357 g/mol. The maximum absolute atomic E-state index is 13.1. The third kappa shape index (κ3) is 5.01. The van der Waals surface area contributed by atoms with Crippen molar-refractivity contribution in [2.45, 2.75) is 39.3 Å². The molecule has 150 valence electrons. The van der Waals surface area contributed by atoms with Crippen LogP contribution < -0.4 is 5.32 Å². The van der Waals surface area contributed by atoms with E-state index in [1.54, 1.807) is 13.8 Å². The zero-order valence-electron chi connectivity index (χ0n) is 15.1. The number of nitrogens with one attached hydrogen (secondary N) is 1. The number of methoxy groups -OCH3 is 1. The summed E-state index contributed by atoms with van der Waals surface area (Å²) in [6, 6.07) is -0.819. The molecule has 0 unspecified atom stereocenters. The summed E-state index contributed by atoms with van der Waals surface area (Å²) >= 11 is 0. The van der Waals surface area contributed by atoms with Crippen molar-refractivity contribution >= 4 is 18.0 Å². The zero-order chi connectivity index (χ0) is 20.1. The standard InChI is InChI=1S/C16H25F3N2O5/c1-4-15(5-2,13(23)24)9-20-14(25)21-7-10(12(22)26-3)6-11(8-21)16(17,18)19/h10-11H,4-9H2,1-3H3,(H,20,25)(H,23,24)/t10-,11+/m1/s1. The van der Waals surface area contributed by atoms with Crippen LogP contribution in [0.5, 0.6) is 0 Å². The van der Waals surface area contributed by atoms with Crippen LogP contribution >= 0.6 is 0 Å². The van der Waals surface area contributed by atoms with Crippen LogP contribution in [0.3, 0.4) is 0 Å². The highest BCUT2D eigenvalue weighted by atomic mass is 19.4. The van der Waals surface area contributed by atoms with Crippen LogP contribution in [-0.2, 0) is 14.3 Å². The van der Waals surface area contributed by atoms with Gasteiger partial charge in [0.15, 0.2) is 0 Å². The Hall–Kier alpha value is -2.00. The van der Waals surface area contributed by atoms with Crippen LogP contribution in [0.4, 0.5) is 18.0 Å². The number of esters is 1. The summed E-state index contributed by atoms with van der Waals surface area (Å²) in [7, 11) is 1.08. The Morgan fingerprint density at radius 1 is 1.19 bits per heavy atom. The van der Waals surface area contributed by atoms with E-state index in [4.69, 9.17) is 0 Å². The predicted molar refractivity (Wildman–Crippen MR) is 85.3 cm³/mol. The Kier molecular flexibility index (Phi) is 7.28. The molecule has 0 aromatic carbocycles. The number of aliphatic carboxylic acids is 1. The van der Waals surface area contributed by atoms with Crippen LogP contribution in [0.1, 0.15) is 33.1 Å². The Balaban J connectivity index is 2.88. The second kappa shape index (κ2) is 8.59. The maximum Gasteiger partial charge on any atom is 0.393 e. The molecule has 1 aliphatic heterocycles. The summed E-state index contributed by atoms with van der Waals surface area (Å²) < 4.78 is 43.9. The number of halogens is 3. The molecule has 1 aliphatic rings. The van der Waals surface area contributed by atoms with Crippen molar-refractivity contribution in [2.75, 3.05) is 26.7 Å². The average molecular weight is 382 g/mol. The third-order valence-electron chi connectivity index (χ3n) is 5.12. The van der Waals surface area contributed by atoms with Crippen LogP contribution in [0.2, 0.25) is 0 Å². The molecule has 0 aromatic heterocycles. The number of nitrogens with zero attached hydrogens (tertiary/aromatic N) is 1. The van der Waals surface area contributed by atoms with Gasteiger partial charge >= 0.3 is 24.1 Å². The molecule has 2 N–H and O–H groups in total. The van der Waals surface area contributed by atoms with E-state index < -0.39 is 54.4 Å². The Morgan fingerprint density at radius 3 is 2.19 bits per heavy atom. The molecule has 0 bridgehead atoms. The molecule has 2 atom stereocenters. The number of carboxylic acid groups (broad SMARTS) is 1. The lowest BCUT2D eigenvalue weighted by molar-refractivity contribution is -0.191. The van der Waals surface area contributed by atoms with Gasteiger partial charge in [-0.15, -0.1) is 0 Å². The van der Waals surface area contributed by atoms with Crippen molar-refractivity contribution in [3.63, 3.8) is 0 Å². The number of hydrogen-bond donors (Lipinski definition) is 2. The molecule has 0 radical (unpaired) electrons. The van der Waals surface area contributed by atoms with Gasteiger partial charge in [-0.25, -0.2) is 4.79 Å². The van der Waals surface area contributed by atoms with Gasteiger partial charge in [0.05, 0.1) is 24.4 Å². The Morgan fingerprint density at radius 2 is 1.77 bits per heavy atom. The number of amides is 2. The number of urea groups is 1. The van der Waals surface area contributed by atoms with E-state index >= 15 is 0 Å². The van der Waals surface area contributed by atoms with Crippen molar-refractivity contribution in [3.8, 4) is 0 Å². The van der Waals surface area contributed by atoms with Gasteiger partial charge in [0, 0.05) is 19.6 Å². The van der Waals surface area contributed by atoms with Gasteiger partial charge in [0.25, 0.3) is 0 Å². The lowest BCUT2D eigenvalue weighted by atomic mass is 9.82. The fourth-order valence-corrected chi connectivity index (χ4v) is 3.07. The minimum atomic E-state index is -4.55. The monoisotopic (exact) mass is 382 g/mol. The minimum absolute atomic E-state index is 0.204. The molecular formula is C16H25F3N2O5. The Bertz CT molecular complexity index is 534. The van der Waals surface area contributed by atoms with Gasteiger partial charge in [-0.2, -0.15) is 13.2 Å². The first-order valence-corrected chi connectivity index (χ1v) is 8.41. The number of piperidine rings is 1. The largest absolute Gasteiger partial charge is 0.481 e. The van der Waals surface area contributed by atoms with E-state index in [-0.39, 0.29) is 25.9 Å². The second-order valence-corrected chi connectivity index (χ2v) is 6.55. The predicted octanol–water partition coefficient (Wildman–Crippen LogP) is 2.26. The molecule has 0 aromatic rings. The van der Waals surface area contributed by atoms with Crippen molar-refractivity contribution < 1.29 is 37.4 Å². The number of alkyl halides is 3. The summed E-state index contributed by atoms with van der Waals surface area (Å²) in [5.41, 5.74) is -1.18. The number of hydrogen-bond acceptors (Lipinski definition) is 4. The fourth-order valence-electron chi connectivity index (χ4n) is 3.07. The quantitative estimate of drug-likeness (QED) is 0.687. The van der Waals surface area contributed by atoms with Crippen molar-refractivity contribution in [1.29, 1.82) is 0 Å². The Labute approximate surface area is 149 Å². The average Bonchev–Trinajstić information content (AvgIpc) is 2.60. The first kappa shape index (κ1) is 22.0. The zero-order valence-corrected chi connectivity index (χ0v) is 15.1. The smallest absolute Gasteiger partial charge is 0.393 e. The number of carbonyl (C=O) groups is 3. The molecule has 0 saturated carbocycles. The topological polar surface area (TPSA) is 95.9 Å². The van der Waals surface area contributed by atoms with Gasteiger partial charge in [-0.1, -0.05) is 13.8 Å². The molecule has 2 amide bonds.